The van der Waals surface area contributed by atoms with E-state index in [1.807, 2.05) is 0 Å². The Morgan fingerprint density at radius 3 is 2.58 bits per heavy atom. The highest BCUT2D eigenvalue weighted by molar-refractivity contribution is 6.33. The van der Waals surface area contributed by atoms with Gasteiger partial charge >= 0.3 is 5.97 Å². The van der Waals surface area contributed by atoms with Gasteiger partial charge in [-0.3, -0.25) is 4.79 Å². The molecule has 24 heavy (non-hydrogen) atoms. The number of rotatable bonds is 5. The van der Waals surface area contributed by atoms with E-state index >= 15 is 0 Å². The first-order chi connectivity index (χ1) is 11.4. The molecule has 1 amide bonds. The third-order valence-electron chi connectivity index (χ3n) is 3.25. The molecule has 0 saturated heterocycles. The Labute approximate surface area is 144 Å². The number of amides is 1. The Morgan fingerprint density at radius 1 is 1.21 bits per heavy atom. The van der Waals surface area contributed by atoms with Gasteiger partial charge in [0.2, 0.25) is 0 Å². The second-order valence-electron chi connectivity index (χ2n) is 4.97. The van der Waals surface area contributed by atoms with Crippen LogP contribution >= 0.6 is 11.6 Å². The average molecular weight is 349 g/mol. The van der Waals surface area contributed by atoms with Crippen molar-refractivity contribution in [2.45, 2.75) is 13.0 Å². The molecule has 0 heterocycles. The molecule has 0 aliphatic rings. The van der Waals surface area contributed by atoms with Gasteiger partial charge in [-0.2, -0.15) is 0 Å². The van der Waals surface area contributed by atoms with E-state index in [9.17, 15) is 9.59 Å². The Hall–Kier alpha value is -2.73. The Bertz CT molecular complexity index is 764. The molecule has 0 aliphatic heterocycles. The summed E-state index contributed by atoms with van der Waals surface area (Å²) in [6, 6.07) is 11.3. The Balaban J connectivity index is 2.03. The number of anilines is 2. The van der Waals surface area contributed by atoms with Crippen LogP contribution in [0, 0.1) is 0 Å². The fourth-order valence-corrected chi connectivity index (χ4v) is 2.05. The topological polar surface area (TPSA) is 90.6 Å². The van der Waals surface area contributed by atoms with Gasteiger partial charge in [0.25, 0.3) is 5.91 Å². The van der Waals surface area contributed by atoms with Crippen molar-refractivity contribution in [3.63, 3.8) is 0 Å². The van der Waals surface area contributed by atoms with Crippen LogP contribution in [0.4, 0.5) is 11.4 Å². The van der Waals surface area contributed by atoms with Crippen LogP contribution in [0.15, 0.2) is 42.5 Å². The molecule has 7 heteroatoms. The van der Waals surface area contributed by atoms with Crippen molar-refractivity contribution in [2.75, 3.05) is 18.2 Å². The van der Waals surface area contributed by atoms with Crippen LogP contribution in [0.2, 0.25) is 5.02 Å². The van der Waals surface area contributed by atoms with Crippen LogP contribution in [0.1, 0.15) is 17.3 Å². The van der Waals surface area contributed by atoms with Crippen molar-refractivity contribution in [3.05, 3.63) is 53.1 Å². The maximum Gasteiger partial charge on any atom is 0.338 e. The lowest BCUT2D eigenvalue weighted by molar-refractivity contribution is -0.123. The highest BCUT2D eigenvalue weighted by Gasteiger charge is 2.20. The molecule has 2 rings (SSSR count). The highest BCUT2D eigenvalue weighted by atomic mass is 35.5. The zero-order valence-corrected chi connectivity index (χ0v) is 14.0. The lowest BCUT2D eigenvalue weighted by atomic mass is 10.2. The number of hydrogen-bond donors (Lipinski definition) is 2. The first kappa shape index (κ1) is 17.6. The van der Waals surface area contributed by atoms with Crippen LogP contribution in [0.3, 0.4) is 0 Å². The zero-order chi connectivity index (χ0) is 17.7. The number of nitrogens with one attached hydrogen (secondary N) is 1. The molecule has 0 fully saturated rings. The fourth-order valence-electron chi connectivity index (χ4n) is 1.94. The molecule has 0 unspecified atom stereocenters. The number of hydrogen-bond acceptors (Lipinski definition) is 5. The van der Waals surface area contributed by atoms with E-state index in [1.54, 1.807) is 24.3 Å². The number of esters is 1. The summed E-state index contributed by atoms with van der Waals surface area (Å²) >= 11 is 5.81. The van der Waals surface area contributed by atoms with Gasteiger partial charge in [-0.15, -0.1) is 0 Å². The number of para-hydroxylation sites is 2. The third-order valence-corrected chi connectivity index (χ3v) is 3.59. The van der Waals surface area contributed by atoms with E-state index in [0.717, 1.165) is 0 Å². The van der Waals surface area contributed by atoms with Crippen LogP contribution in [-0.4, -0.2) is 25.1 Å². The zero-order valence-electron chi connectivity index (χ0n) is 13.2. The maximum atomic E-state index is 12.2. The monoisotopic (exact) mass is 348 g/mol. The smallest absolute Gasteiger partial charge is 0.338 e. The van der Waals surface area contributed by atoms with Crippen molar-refractivity contribution in [1.29, 1.82) is 0 Å². The predicted molar refractivity (Wildman–Crippen MR) is 92.4 cm³/mol. The van der Waals surface area contributed by atoms with E-state index in [1.165, 1.54) is 32.2 Å². The number of carbonyl (C=O) groups is 2. The number of carbonyl (C=O) groups excluding carboxylic acids is 2. The molecule has 126 valence electrons. The molecule has 6 nitrogen and oxygen atoms in total. The summed E-state index contributed by atoms with van der Waals surface area (Å²) in [5.74, 6) is -0.634. The summed E-state index contributed by atoms with van der Waals surface area (Å²) in [6.45, 7) is 1.47. The largest absolute Gasteiger partial charge is 0.495 e. The van der Waals surface area contributed by atoms with Crippen LogP contribution in [0.5, 0.6) is 5.75 Å². The van der Waals surface area contributed by atoms with Gasteiger partial charge in [0, 0.05) is 0 Å². The summed E-state index contributed by atoms with van der Waals surface area (Å²) in [5.41, 5.74) is 6.62. The van der Waals surface area contributed by atoms with Crippen LogP contribution in [0.25, 0.3) is 0 Å². The molecular weight excluding hydrogens is 332 g/mol. The molecule has 0 aromatic heterocycles. The van der Waals surface area contributed by atoms with Gasteiger partial charge < -0.3 is 20.5 Å². The van der Waals surface area contributed by atoms with Crippen LogP contribution in [-0.2, 0) is 9.53 Å². The summed E-state index contributed by atoms with van der Waals surface area (Å²) < 4.78 is 10.3. The number of nitrogens with two attached hydrogens (primary N) is 1. The number of benzene rings is 2. The van der Waals surface area contributed by atoms with Gasteiger partial charge in [-0.05, 0) is 37.3 Å². The van der Waals surface area contributed by atoms with E-state index in [4.69, 9.17) is 26.8 Å². The Morgan fingerprint density at radius 2 is 1.92 bits per heavy atom. The second kappa shape index (κ2) is 7.70. The standard InChI is InChI=1S/C17H17ClN2O4/c1-10(16(21)20-14-5-3-4-6-15(14)23-2)24-17(22)11-7-8-12(18)13(19)9-11/h3-10H,19H2,1-2H3,(H,20,21)/t10-/m0/s1. The molecule has 3 N–H and O–H groups in total. The number of nitrogen functional groups attached to an aromatic ring is 1. The van der Waals surface area contributed by atoms with Crippen molar-refractivity contribution in [3.8, 4) is 5.75 Å². The predicted octanol–water partition coefficient (Wildman–Crippen LogP) is 3.11. The van der Waals surface area contributed by atoms with Gasteiger partial charge in [0.05, 0.1) is 29.1 Å². The molecule has 0 aliphatic carbocycles. The van der Waals surface area contributed by atoms with Crippen molar-refractivity contribution in [2.24, 2.45) is 0 Å². The fraction of sp³-hybridized carbons (Fsp3) is 0.176. The first-order valence-corrected chi connectivity index (χ1v) is 7.50. The molecule has 0 spiro atoms. The number of ether oxygens (including phenoxy) is 2. The van der Waals surface area contributed by atoms with E-state index in [0.29, 0.717) is 16.5 Å². The highest BCUT2D eigenvalue weighted by Crippen LogP contribution is 2.23. The van der Waals surface area contributed by atoms with Gasteiger partial charge in [0.1, 0.15) is 5.75 Å². The molecular formula is C17H17ClN2O4. The molecule has 0 bridgehead atoms. The molecule has 2 aromatic carbocycles. The van der Waals surface area contributed by atoms with Crippen LogP contribution < -0.4 is 15.8 Å². The SMILES string of the molecule is COc1ccccc1NC(=O)[C@H](C)OC(=O)c1ccc(Cl)c(N)c1. The van der Waals surface area contributed by atoms with Crippen molar-refractivity contribution >= 4 is 34.9 Å². The summed E-state index contributed by atoms with van der Waals surface area (Å²) in [4.78, 5) is 24.3. The maximum absolute atomic E-state index is 12.2. The normalized spacial score (nSPS) is 11.5. The van der Waals surface area contributed by atoms with E-state index in [2.05, 4.69) is 5.32 Å². The minimum atomic E-state index is -1.00. The molecule has 1 atom stereocenters. The average Bonchev–Trinajstić information content (AvgIpc) is 2.57. The lowest BCUT2D eigenvalue weighted by Gasteiger charge is -2.15. The summed E-state index contributed by atoms with van der Waals surface area (Å²) in [7, 11) is 1.50. The number of methoxy groups -OCH3 is 1. The van der Waals surface area contributed by atoms with Gasteiger partial charge in [-0.25, -0.2) is 4.79 Å². The van der Waals surface area contributed by atoms with Gasteiger partial charge in [0.15, 0.2) is 6.10 Å². The minimum absolute atomic E-state index is 0.217. The second-order valence-corrected chi connectivity index (χ2v) is 5.38. The summed E-state index contributed by atoms with van der Waals surface area (Å²) in [6.07, 6.45) is -1.00. The van der Waals surface area contributed by atoms with E-state index < -0.39 is 18.0 Å². The van der Waals surface area contributed by atoms with Crippen molar-refractivity contribution < 1.29 is 19.1 Å². The number of halogens is 1. The molecule has 0 saturated carbocycles. The van der Waals surface area contributed by atoms with E-state index in [-0.39, 0.29) is 11.3 Å². The lowest BCUT2D eigenvalue weighted by Crippen LogP contribution is -2.30. The van der Waals surface area contributed by atoms with Crippen molar-refractivity contribution in [1.82, 2.24) is 0 Å². The van der Waals surface area contributed by atoms with Gasteiger partial charge in [-0.1, -0.05) is 23.7 Å². The molecule has 2 aromatic rings. The third kappa shape index (κ3) is 4.17. The Kier molecular flexibility index (Phi) is 5.65. The summed E-state index contributed by atoms with van der Waals surface area (Å²) in [5, 5.41) is 2.99. The minimum Gasteiger partial charge on any atom is -0.495 e. The first-order valence-electron chi connectivity index (χ1n) is 7.12. The molecule has 0 radical (unpaired) electrons. The quantitative estimate of drug-likeness (QED) is 0.640.